The molecule has 1 aromatic carbocycles. The van der Waals surface area contributed by atoms with Gasteiger partial charge in [-0.2, -0.15) is 4.98 Å². The molecule has 1 spiro atoms. The highest BCUT2D eigenvalue weighted by Gasteiger charge is 2.55. The van der Waals surface area contributed by atoms with Crippen molar-refractivity contribution < 1.29 is 4.79 Å². The lowest BCUT2D eigenvalue weighted by Crippen LogP contribution is -2.32. The van der Waals surface area contributed by atoms with Gasteiger partial charge in [0, 0.05) is 31.2 Å². The summed E-state index contributed by atoms with van der Waals surface area (Å²) >= 11 is 1.38. The van der Waals surface area contributed by atoms with Crippen LogP contribution >= 0.6 is 11.8 Å². The number of carbonyl (C=O) groups excluding carboxylic acids is 1. The molecule has 2 aliphatic carbocycles. The average molecular weight is 475 g/mol. The summed E-state index contributed by atoms with van der Waals surface area (Å²) in [6.07, 6.45) is 7.37. The van der Waals surface area contributed by atoms with Crippen molar-refractivity contribution >= 4 is 40.3 Å². The predicted molar refractivity (Wildman–Crippen MR) is 138 cm³/mol. The van der Waals surface area contributed by atoms with Gasteiger partial charge in [-0.25, -0.2) is 9.97 Å². The number of pyridine rings is 1. The number of rotatable bonds is 8. The maximum absolute atomic E-state index is 12.9. The maximum atomic E-state index is 12.9. The van der Waals surface area contributed by atoms with Gasteiger partial charge in [-0.3, -0.25) is 4.79 Å². The van der Waals surface area contributed by atoms with E-state index in [1.54, 1.807) is 11.6 Å². The van der Waals surface area contributed by atoms with Crippen molar-refractivity contribution in [1.82, 2.24) is 20.3 Å². The molecule has 34 heavy (non-hydrogen) atoms. The van der Waals surface area contributed by atoms with Gasteiger partial charge in [-0.1, -0.05) is 30.5 Å². The zero-order valence-electron chi connectivity index (χ0n) is 19.4. The lowest BCUT2D eigenvalue weighted by atomic mass is 9.79. The fourth-order valence-electron chi connectivity index (χ4n) is 5.12. The Labute approximate surface area is 204 Å². The van der Waals surface area contributed by atoms with Gasteiger partial charge in [0.05, 0.1) is 11.1 Å². The minimum absolute atomic E-state index is 0.0306. The molecular weight excluding hydrogens is 444 g/mol. The van der Waals surface area contributed by atoms with Crippen LogP contribution in [0.25, 0.3) is 10.9 Å². The van der Waals surface area contributed by atoms with Crippen molar-refractivity contribution in [2.45, 2.75) is 43.2 Å². The summed E-state index contributed by atoms with van der Waals surface area (Å²) in [6.45, 7) is 4.60. The van der Waals surface area contributed by atoms with E-state index in [1.165, 1.54) is 11.8 Å². The second-order valence-electron chi connectivity index (χ2n) is 9.22. The average Bonchev–Trinajstić information content (AvgIpc) is 3.54. The first-order valence-corrected chi connectivity index (χ1v) is 12.7. The monoisotopic (exact) mass is 474 g/mol. The first-order valence-electron chi connectivity index (χ1n) is 11.8. The number of hydrogen-bond acceptors (Lipinski definition) is 7. The minimum Gasteiger partial charge on any atom is -0.372 e. The largest absolute Gasteiger partial charge is 0.372 e. The molecule has 3 N–H and O–H groups in total. The number of hydrogen-bond donors (Lipinski definition) is 3. The third kappa shape index (κ3) is 4.59. The molecule has 2 saturated carbocycles. The van der Waals surface area contributed by atoms with Crippen LogP contribution in [0.15, 0.2) is 59.6 Å². The second-order valence-corrected chi connectivity index (χ2v) is 10.2. The summed E-state index contributed by atoms with van der Waals surface area (Å²) in [4.78, 5) is 26.5. The molecule has 8 heteroatoms. The molecule has 0 radical (unpaired) electrons. The van der Waals surface area contributed by atoms with Crippen molar-refractivity contribution in [1.29, 1.82) is 0 Å². The zero-order chi connectivity index (χ0) is 23.5. The van der Waals surface area contributed by atoms with E-state index in [-0.39, 0.29) is 17.4 Å². The number of carbonyl (C=O) groups is 1. The van der Waals surface area contributed by atoms with Gasteiger partial charge in [0.1, 0.15) is 10.8 Å². The van der Waals surface area contributed by atoms with Crippen LogP contribution in [-0.4, -0.2) is 40.5 Å². The van der Waals surface area contributed by atoms with Crippen LogP contribution in [-0.2, 0) is 0 Å². The van der Waals surface area contributed by atoms with Crippen molar-refractivity contribution in [3.63, 3.8) is 0 Å². The van der Waals surface area contributed by atoms with Gasteiger partial charge in [-0.05, 0) is 73.1 Å². The molecule has 7 nitrogen and oxygen atoms in total. The van der Waals surface area contributed by atoms with Gasteiger partial charge in [0.25, 0.3) is 5.91 Å². The number of para-hydroxylation sites is 1. The molecule has 3 aromatic rings. The van der Waals surface area contributed by atoms with Crippen molar-refractivity contribution in [2.75, 3.05) is 24.2 Å². The van der Waals surface area contributed by atoms with E-state index >= 15 is 0 Å². The van der Waals surface area contributed by atoms with E-state index in [4.69, 9.17) is 0 Å². The molecule has 0 unspecified atom stereocenters. The summed E-state index contributed by atoms with van der Waals surface area (Å²) in [5.74, 6) is 2.07. The predicted octanol–water partition coefficient (Wildman–Crippen LogP) is 5.09. The number of aromatic nitrogens is 3. The highest BCUT2D eigenvalue weighted by molar-refractivity contribution is 8.02. The van der Waals surface area contributed by atoms with Crippen LogP contribution < -0.4 is 16.0 Å². The molecule has 1 atom stereocenters. The molecule has 2 aliphatic rings. The summed E-state index contributed by atoms with van der Waals surface area (Å²) in [5, 5.41) is 13.3. The van der Waals surface area contributed by atoms with Gasteiger partial charge in [0.2, 0.25) is 5.95 Å². The number of fused-ring (bicyclic) bond motifs is 1. The third-order valence-electron chi connectivity index (χ3n) is 7.20. The van der Waals surface area contributed by atoms with E-state index in [0.29, 0.717) is 22.5 Å². The zero-order valence-corrected chi connectivity index (χ0v) is 20.2. The molecule has 2 fully saturated rings. The lowest BCUT2D eigenvalue weighted by molar-refractivity contribution is 0.0936. The summed E-state index contributed by atoms with van der Waals surface area (Å²) in [5.41, 5.74) is 1.83. The van der Waals surface area contributed by atoms with E-state index < -0.39 is 0 Å². The molecule has 2 aromatic heterocycles. The Morgan fingerprint density at radius 3 is 2.82 bits per heavy atom. The molecule has 176 valence electrons. The normalized spacial score (nSPS) is 23.4. The Bertz CT molecular complexity index is 1210. The molecule has 0 bridgehead atoms. The Morgan fingerprint density at radius 2 is 2.03 bits per heavy atom. The maximum Gasteiger partial charge on any atom is 0.254 e. The first kappa shape index (κ1) is 22.7. The molecular formula is C26H30N6OS. The number of nitrogens with zero attached hydrogens (tertiary/aromatic N) is 3. The van der Waals surface area contributed by atoms with Gasteiger partial charge >= 0.3 is 0 Å². The summed E-state index contributed by atoms with van der Waals surface area (Å²) in [6, 6.07) is 11.9. The minimum atomic E-state index is -0.0306. The molecule has 0 aliphatic heterocycles. The van der Waals surface area contributed by atoms with E-state index in [2.05, 4.69) is 37.5 Å². The van der Waals surface area contributed by atoms with Gasteiger partial charge < -0.3 is 16.0 Å². The number of anilines is 2. The van der Waals surface area contributed by atoms with Crippen molar-refractivity contribution in [3.05, 3.63) is 60.1 Å². The molecule has 2 heterocycles. The fraction of sp³-hybridized carbons (Fsp3) is 0.385. The molecule has 1 amide bonds. The van der Waals surface area contributed by atoms with Crippen LogP contribution in [0, 0.1) is 11.3 Å². The Morgan fingerprint density at radius 1 is 1.21 bits per heavy atom. The standard InChI is InChI=1S/C26H30N6OS/c1-3-34-24-19(8-6-14-28-24)23(33)31-21-15-26(21)12-10-17(11-13-26)16-29-25-30-20-9-5-4-7-18(20)22(27-2)32-25/h3-9,14,17,21H,1,10-13,15-16H2,2H3,(H,31,33)(H2,27,29,30,32)/t17?,21-,26?/m1/s1. The van der Waals surface area contributed by atoms with E-state index in [9.17, 15) is 4.79 Å². The van der Waals surface area contributed by atoms with Crippen LogP contribution in [0.2, 0.25) is 0 Å². The van der Waals surface area contributed by atoms with Crippen LogP contribution in [0.5, 0.6) is 0 Å². The van der Waals surface area contributed by atoms with E-state index in [0.717, 1.165) is 55.4 Å². The SMILES string of the molecule is C=CSc1ncccc1C(=O)N[C@@H]1CC12CCC(CNc1nc(NC)c3ccccc3n1)CC2. The highest BCUT2D eigenvalue weighted by Crippen LogP contribution is 2.57. The van der Waals surface area contributed by atoms with Crippen molar-refractivity contribution in [2.24, 2.45) is 11.3 Å². The highest BCUT2D eigenvalue weighted by atomic mass is 32.2. The second kappa shape index (κ2) is 9.62. The molecule has 5 rings (SSSR count). The number of benzene rings is 1. The van der Waals surface area contributed by atoms with Crippen LogP contribution in [0.1, 0.15) is 42.5 Å². The smallest absolute Gasteiger partial charge is 0.254 e. The van der Waals surface area contributed by atoms with Gasteiger partial charge in [-0.15, -0.1) is 0 Å². The van der Waals surface area contributed by atoms with Crippen LogP contribution in [0.4, 0.5) is 11.8 Å². The quantitative estimate of drug-likeness (QED) is 0.392. The Balaban J connectivity index is 1.14. The Kier molecular flexibility index (Phi) is 6.41. The van der Waals surface area contributed by atoms with Gasteiger partial charge in [0.15, 0.2) is 0 Å². The topological polar surface area (TPSA) is 91.8 Å². The summed E-state index contributed by atoms with van der Waals surface area (Å²) < 4.78 is 0. The lowest BCUT2D eigenvalue weighted by Gasteiger charge is -2.29. The number of amides is 1. The summed E-state index contributed by atoms with van der Waals surface area (Å²) in [7, 11) is 1.89. The number of nitrogens with one attached hydrogen (secondary N) is 3. The van der Waals surface area contributed by atoms with Crippen molar-refractivity contribution in [3.8, 4) is 0 Å². The fourth-order valence-corrected chi connectivity index (χ4v) is 5.68. The first-order chi connectivity index (χ1) is 16.6. The third-order valence-corrected chi connectivity index (χ3v) is 7.91. The molecule has 0 saturated heterocycles. The van der Waals surface area contributed by atoms with Crippen LogP contribution in [0.3, 0.4) is 0 Å². The van der Waals surface area contributed by atoms with E-state index in [1.807, 2.05) is 43.4 Å². The number of thioether (sulfide) groups is 1. The Hall–Kier alpha value is -3.13.